The number of amides is 2. The van der Waals surface area contributed by atoms with Crippen LogP contribution < -0.4 is 15.5 Å². The standard InChI is InChI=1S/C31H37ClN6O4/c1-21(6-2-3-14-37-20-26(12-15-39)35-36-37)31(42)27-17-24(32)10-11-28(27)38(30(31)41)19-22-7-4-9-25(16-22)34-29(40)23-8-5-13-33-18-23/h2,4,6-7,9-11,16-17,20-21,23,33,39,42H,3,5,8,12-15,18-19H2,1H3,(H,34,40)/b6-2+/t21-,23?,31+/m1/s1. The number of anilines is 2. The van der Waals surface area contributed by atoms with Crippen LogP contribution in [0.4, 0.5) is 11.4 Å². The van der Waals surface area contributed by atoms with Crippen LogP contribution in [0, 0.1) is 11.8 Å². The molecule has 1 aromatic heterocycles. The van der Waals surface area contributed by atoms with E-state index in [4.69, 9.17) is 16.7 Å². The van der Waals surface area contributed by atoms with Gasteiger partial charge < -0.3 is 25.7 Å². The third kappa shape index (κ3) is 6.42. The van der Waals surface area contributed by atoms with Crippen LogP contribution in [0.1, 0.15) is 43.0 Å². The molecule has 0 bridgehead atoms. The zero-order valence-corrected chi connectivity index (χ0v) is 24.4. The highest BCUT2D eigenvalue weighted by Gasteiger charge is 2.52. The van der Waals surface area contributed by atoms with Crippen molar-refractivity contribution < 1.29 is 19.8 Å². The molecule has 222 valence electrons. The van der Waals surface area contributed by atoms with Crippen molar-refractivity contribution in [3.8, 4) is 0 Å². The quantitative estimate of drug-likeness (QED) is 0.251. The minimum atomic E-state index is -1.79. The van der Waals surface area contributed by atoms with Crippen LogP contribution in [0.15, 0.2) is 60.8 Å². The number of rotatable bonds is 11. The Labute approximate surface area is 250 Å². The zero-order chi connectivity index (χ0) is 29.7. The number of fused-ring (bicyclic) bond motifs is 1. The molecule has 0 radical (unpaired) electrons. The number of allylic oxidation sites excluding steroid dienone is 1. The minimum absolute atomic E-state index is 0.0130. The summed E-state index contributed by atoms with van der Waals surface area (Å²) in [5.41, 5.74) is 1.50. The van der Waals surface area contributed by atoms with Gasteiger partial charge in [-0.2, -0.15) is 0 Å². The van der Waals surface area contributed by atoms with Gasteiger partial charge in [-0.25, -0.2) is 0 Å². The van der Waals surface area contributed by atoms with E-state index in [2.05, 4.69) is 20.9 Å². The van der Waals surface area contributed by atoms with Crippen LogP contribution in [-0.2, 0) is 34.7 Å². The first-order valence-electron chi connectivity index (χ1n) is 14.4. The maximum atomic E-state index is 13.9. The number of benzene rings is 2. The number of piperidine rings is 1. The number of aliphatic hydroxyl groups is 2. The number of halogens is 1. The lowest BCUT2D eigenvalue weighted by Gasteiger charge is -2.28. The smallest absolute Gasteiger partial charge is 0.264 e. The van der Waals surface area contributed by atoms with Gasteiger partial charge in [0.05, 0.1) is 23.8 Å². The number of carbonyl (C=O) groups is 2. The van der Waals surface area contributed by atoms with Crippen molar-refractivity contribution in [2.24, 2.45) is 11.8 Å². The molecule has 1 saturated heterocycles. The highest BCUT2D eigenvalue weighted by atomic mass is 35.5. The molecule has 10 nitrogen and oxygen atoms in total. The van der Waals surface area contributed by atoms with Gasteiger partial charge in [0.2, 0.25) is 5.91 Å². The molecule has 2 aromatic carbocycles. The number of aliphatic hydroxyl groups excluding tert-OH is 1. The van der Waals surface area contributed by atoms with E-state index in [-0.39, 0.29) is 25.0 Å². The molecule has 0 spiro atoms. The lowest BCUT2D eigenvalue weighted by atomic mass is 9.83. The van der Waals surface area contributed by atoms with E-state index < -0.39 is 17.4 Å². The van der Waals surface area contributed by atoms with Gasteiger partial charge in [-0.05, 0) is 61.7 Å². The number of hydrogen-bond donors (Lipinski definition) is 4. The summed E-state index contributed by atoms with van der Waals surface area (Å²) in [5.74, 6) is -1.04. The van der Waals surface area contributed by atoms with Gasteiger partial charge in [0.15, 0.2) is 5.60 Å². The first-order chi connectivity index (χ1) is 20.3. The monoisotopic (exact) mass is 592 g/mol. The van der Waals surface area contributed by atoms with Gasteiger partial charge in [0.1, 0.15) is 0 Å². The predicted molar refractivity (Wildman–Crippen MR) is 161 cm³/mol. The Balaban J connectivity index is 1.30. The SMILES string of the molecule is C[C@H](/C=C/CCn1cc(CCO)nn1)[C@@]1(O)C(=O)N(Cc2cccc(NC(=O)C3CCCNC3)c2)c2ccc(Cl)cc21. The van der Waals surface area contributed by atoms with Crippen LogP contribution in [0.3, 0.4) is 0 Å². The van der Waals surface area contributed by atoms with E-state index in [0.29, 0.717) is 47.9 Å². The van der Waals surface area contributed by atoms with Crippen molar-refractivity contribution in [1.29, 1.82) is 0 Å². The number of aromatic nitrogens is 3. The maximum absolute atomic E-state index is 13.9. The van der Waals surface area contributed by atoms with E-state index in [9.17, 15) is 14.7 Å². The molecule has 3 atom stereocenters. The molecule has 42 heavy (non-hydrogen) atoms. The summed E-state index contributed by atoms with van der Waals surface area (Å²) in [6.07, 6.45) is 8.47. The molecular weight excluding hydrogens is 556 g/mol. The highest BCUT2D eigenvalue weighted by Crippen LogP contribution is 2.46. The van der Waals surface area contributed by atoms with Gasteiger partial charge >= 0.3 is 0 Å². The molecular formula is C31H37ClN6O4. The number of carbonyl (C=O) groups excluding carboxylic acids is 2. The van der Waals surface area contributed by atoms with Gasteiger partial charge in [-0.1, -0.05) is 48.0 Å². The van der Waals surface area contributed by atoms with Gasteiger partial charge in [-0.15, -0.1) is 5.10 Å². The molecule has 4 N–H and O–H groups in total. The van der Waals surface area contributed by atoms with Crippen LogP contribution >= 0.6 is 11.6 Å². The zero-order valence-electron chi connectivity index (χ0n) is 23.7. The van der Waals surface area contributed by atoms with Crippen molar-refractivity contribution in [2.75, 3.05) is 29.9 Å². The van der Waals surface area contributed by atoms with E-state index in [1.165, 1.54) is 0 Å². The maximum Gasteiger partial charge on any atom is 0.264 e. The molecule has 1 fully saturated rings. The topological polar surface area (TPSA) is 133 Å². The second kappa shape index (κ2) is 13.2. The van der Waals surface area contributed by atoms with Crippen molar-refractivity contribution in [3.05, 3.63) is 82.7 Å². The summed E-state index contributed by atoms with van der Waals surface area (Å²) in [5, 5.41) is 35.8. The summed E-state index contributed by atoms with van der Waals surface area (Å²) >= 11 is 6.33. The molecule has 2 aliphatic rings. The van der Waals surface area contributed by atoms with Crippen LogP contribution in [0.5, 0.6) is 0 Å². The molecule has 3 heterocycles. The Hall–Kier alpha value is -3.57. The number of nitrogens with zero attached hydrogens (tertiary/aromatic N) is 4. The third-order valence-corrected chi connectivity index (χ3v) is 8.23. The summed E-state index contributed by atoms with van der Waals surface area (Å²) < 4.78 is 1.70. The molecule has 3 aromatic rings. The molecule has 1 unspecified atom stereocenters. The lowest BCUT2D eigenvalue weighted by molar-refractivity contribution is -0.139. The van der Waals surface area contributed by atoms with E-state index in [1.54, 1.807) is 34.0 Å². The van der Waals surface area contributed by atoms with Crippen molar-refractivity contribution in [2.45, 2.75) is 51.3 Å². The van der Waals surface area contributed by atoms with E-state index >= 15 is 0 Å². The van der Waals surface area contributed by atoms with Gasteiger partial charge in [0.25, 0.3) is 5.91 Å². The largest absolute Gasteiger partial charge is 0.396 e. The normalized spacial score (nSPS) is 21.1. The molecule has 5 rings (SSSR count). The molecule has 0 aliphatic carbocycles. The third-order valence-electron chi connectivity index (χ3n) is 8.00. The van der Waals surface area contributed by atoms with Crippen LogP contribution in [0.25, 0.3) is 0 Å². The van der Waals surface area contributed by atoms with Gasteiger partial charge in [0, 0.05) is 54.5 Å². The Kier molecular flexibility index (Phi) is 9.37. The molecule has 2 aliphatic heterocycles. The minimum Gasteiger partial charge on any atom is -0.396 e. The van der Waals surface area contributed by atoms with Crippen molar-refractivity contribution >= 4 is 34.8 Å². The lowest BCUT2D eigenvalue weighted by Crippen LogP contribution is -2.44. The second-order valence-corrected chi connectivity index (χ2v) is 11.4. The fraction of sp³-hybridized carbons (Fsp3) is 0.419. The van der Waals surface area contributed by atoms with E-state index in [0.717, 1.165) is 30.6 Å². The predicted octanol–water partition coefficient (Wildman–Crippen LogP) is 3.42. The van der Waals surface area contributed by atoms with Crippen molar-refractivity contribution in [3.63, 3.8) is 0 Å². The molecule has 0 saturated carbocycles. The highest BCUT2D eigenvalue weighted by molar-refractivity contribution is 6.31. The second-order valence-electron chi connectivity index (χ2n) is 11.0. The molecule has 11 heteroatoms. The average Bonchev–Trinajstić information content (AvgIpc) is 3.52. The van der Waals surface area contributed by atoms with Crippen LogP contribution in [0.2, 0.25) is 5.02 Å². The van der Waals surface area contributed by atoms with Crippen LogP contribution in [-0.4, -0.2) is 56.7 Å². The number of nitrogens with one attached hydrogen (secondary N) is 2. The Bertz CT molecular complexity index is 1450. The summed E-state index contributed by atoms with van der Waals surface area (Å²) in [6, 6.07) is 12.6. The molecule has 2 amide bonds. The fourth-order valence-corrected chi connectivity index (χ4v) is 5.82. The summed E-state index contributed by atoms with van der Waals surface area (Å²) in [7, 11) is 0. The average molecular weight is 593 g/mol. The fourth-order valence-electron chi connectivity index (χ4n) is 5.65. The number of hydrogen-bond acceptors (Lipinski definition) is 7. The summed E-state index contributed by atoms with van der Waals surface area (Å²) in [4.78, 5) is 28.3. The Morgan fingerprint density at radius 3 is 2.95 bits per heavy atom. The van der Waals surface area contributed by atoms with Crippen molar-refractivity contribution in [1.82, 2.24) is 20.3 Å². The Morgan fingerprint density at radius 2 is 2.17 bits per heavy atom. The van der Waals surface area contributed by atoms with Gasteiger partial charge in [-0.3, -0.25) is 14.3 Å². The first-order valence-corrected chi connectivity index (χ1v) is 14.8. The van der Waals surface area contributed by atoms with E-state index in [1.807, 2.05) is 43.3 Å². The summed E-state index contributed by atoms with van der Waals surface area (Å²) in [6.45, 7) is 4.24. The number of aryl methyl sites for hydroxylation is 1. The Morgan fingerprint density at radius 1 is 1.31 bits per heavy atom. The first kappa shape index (κ1) is 29.9.